The smallest absolute Gasteiger partial charge is 0.303 e. The summed E-state index contributed by atoms with van der Waals surface area (Å²) in [5.74, 6) is -26.0. The van der Waals surface area contributed by atoms with Crippen molar-refractivity contribution in [1.29, 1.82) is 0 Å². The number of nitrogens with two attached hydrogens (primary N) is 5. The molecule has 38 heteroatoms. The molecule has 826 valence electrons. The van der Waals surface area contributed by atoms with Gasteiger partial charge in [-0.15, -0.1) is 0 Å². The number of aliphatic carboxylic acids is 1. The van der Waals surface area contributed by atoms with E-state index in [1.807, 2.05) is 39.8 Å². The number of rotatable bonds is 31. The third-order valence-electron chi connectivity index (χ3n) is 30.1. The number of hydrogen-bond acceptors (Lipinski definition) is 26. The molecule has 1 unspecified atom stereocenters. The molecule has 6 aliphatic rings. The van der Waals surface area contributed by atoms with Crippen LogP contribution in [0.25, 0.3) is 0 Å². The molecule has 0 saturated carbocycles. The maximum atomic E-state index is 15.5. The summed E-state index contributed by atoms with van der Waals surface area (Å²) in [5, 5.41) is 21.7. The van der Waals surface area contributed by atoms with Gasteiger partial charge in [0.1, 0.15) is 63.9 Å². The highest BCUT2D eigenvalue weighted by atomic mass is 32.2. The van der Waals surface area contributed by atoms with Gasteiger partial charge >= 0.3 is 5.97 Å². The number of primary amides is 1. The van der Waals surface area contributed by atoms with Gasteiger partial charge in [0.2, 0.25) is 41.4 Å². The van der Waals surface area contributed by atoms with Crippen molar-refractivity contribution in [2.45, 2.75) is 326 Å². The van der Waals surface area contributed by atoms with E-state index < -0.39 is 257 Å². The minimum Gasteiger partial charge on any atom is -0.481 e. The number of aliphatic hydroxyl groups excluding tert-OH is 1. The number of hydrogen-bond donors (Lipinski definition) is 7. The van der Waals surface area contributed by atoms with E-state index in [1.54, 1.807) is 41.8 Å². The molecule has 1 aromatic rings. The molecule has 4 bridgehead atoms. The first-order valence-corrected chi connectivity index (χ1v) is 57.6. The number of aliphatic imine (C=N–C) groups is 2. The van der Waals surface area contributed by atoms with E-state index in [0.717, 1.165) is 23.5 Å². The zero-order valence-electron chi connectivity index (χ0n) is 89.8. The van der Waals surface area contributed by atoms with Gasteiger partial charge in [0, 0.05) is 235 Å². The molecule has 6 fully saturated rings. The highest BCUT2D eigenvalue weighted by Gasteiger charge is 2.48. The largest absolute Gasteiger partial charge is 0.481 e. The maximum Gasteiger partial charge on any atom is 0.303 e. The van der Waals surface area contributed by atoms with Gasteiger partial charge in [0.25, 0.3) is 0 Å². The topological polar surface area (TPSA) is 556 Å². The fraction of sp³-hybridized carbons (Fsp3) is 0.745. The molecule has 0 aliphatic carbocycles. The molecule has 12 N–H and O–H groups in total. The predicted octanol–water partition coefficient (Wildman–Crippen LogP) is 11.0. The summed E-state index contributed by atoms with van der Waals surface area (Å²) >= 11 is 3.38. The zero-order valence-corrected chi connectivity index (χ0v) is 92.2. The molecule has 148 heavy (non-hydrogen) atoms. The van der Waals surface area contributed by atoms with Crippen molar-refractivity contribution >= 4 is 164 Å². The van der Waals surface area contributed by atoms with E-state index in [1.165, 1.54) is 45.2 Å². The lowest BCUT2D eigenvalue weighted by Gasteiger charge is -2.42. The number of amides is 7. The van der Waals surface area contributed by atoms with E-state index >= 15 is 57.5 Å². The van der Waals surface area contributed by atoms with Gasteiger partial charge in [-0.05, 0) is 145 Å². The van der Waals surface area contributed by atoms with E-state index in [-0.39, 0.29) is 243 Å². The molecule has 16 atom stereocenters. The number of ketones is 12. The molecular formula is C110H171N13O22S3. The van der Waals surface area contributed by atoms with Gasteiger partial charge in [-0.1, -0.05) is 119 Å². The summed E-state index contributed by atoms with van der Waals surface area (Å²) in [6.45, 7) is 22.2. The second-order valence-corrected chi connectivity index (χ2v) is 48.0. The van der Waals surface area contributed by atoms with Crippen LogP contribution in [0.5, 0.6) is 0 Å². The average Bonchev–Trinajstić information content (AvgIpc) is 1.68. The van der Waals surface area contributed by atoms with Gasteiger partial charge < -0.3 is 68.3 Å². The van der Waals surface area contributed by atoms with Crippen LogP contribution < -0.4 is 28.7 Å². The summed E-state index contributed by atoms with van der Waals surface area (Å²) in [5.41, 5.74) is 29.4. The van der Waals surface area contributed by atoms with Gasteiger partial charge in [-0.2, -0.15) is 35.3 Å². The van der Waals surface area contributed by atoms with E-state index in [4.69, 9.17) is 28.7 Å². The normalized spacial score (nSPS) is 26.5. The fourth-order valence-electron chi connectivity index (χ4n) is 21.8. The van der Waals surface area contributed by atoms with Gasteiger partial charge in [-0.3, -0.25) is 106 Å². The number of likely N-dealkylation sites (tertiary alicyclic amines) is 2. The molecule has 0 radical (unpaired) electrons. The Morgan fingerprint density at radius 3 is 1.40 bits per heavy atom. The quantitative estimate of drug-likeness (QED) is 0.0206. The molecule has 6 aliphatic heterocycles. The first-order valence-electron chi connectivity index (χ1n) is 54.2. The second-order valence-electron chi connectivity index (χ2n) is 44.5. The molecule has 0 spiro atoms. The lowest BCUT2D eigenvalue weighted by atomic mass is 9.77. The molecule has 7 amide bonds. The van der Waals surface area contributed by atoms with Crippen molar-refractivity contribution in [3.63, 3.8) is 0 Å². The number of carboxylic acids is 1. The third kappa shape index (κ3) is 41.3. The Labute approximate surface area is 888 Å². The number of guanidine groups is 2. The minimum absolute atomic E-state index is 0.00302. The highest BCUT2D eigenvalue weighted by molar-refractivity contribution is 7.99. The van der Waals surface area contributed by atoms with Crippen LogP contribution in [0.1, 0.15) is 301 Å². The summed E-state index contributed by atoms with van der Waals surface area (Å²) in [6.07, 6.45) is -2.93. The minimum atomic E-state index is -1.45. The predicted molar refractivity (Wildman–Crippen MR) is 571 cm³/mol. The number of carboxylic acid groups (broad SMARTS) is 1. The van der Waals surface area contributed by atoms with Crippen molar-refractivity contribution in [2.75, 3.05) is 87.2 Å². The average molecular weight is 2120 g/mol. The first kappa shape index (κ1) is 125. The Kier molecular flexibility index (Phi) is 53.5. The van der Waals surface area contributed by atoms with Gasteiger partial charge in [0.05, 0.1) is 50.0 Å². The Morgan fingerprint density at radius 1 is 0.439 bits per heavy atom. The van der Waals surface area contributed by atoms with Crippen LogP contribution in [-0.4, -0.2) is 280 Å². The zero-order chi connectivity index (χ0) is 109. The van der Waals surface area contributed by atoms with Crippen LogP contribution in [-0.2, 0) is 102 Å². The Balaban J connectivity index is 1.31. The summed E-state index contributed by atoms with van der Waals surface area (Å²) < 4.78 is 0. The monoisotopic (exact) mass is 2120 g/mol. The number of fused-ring (bicyclic) bond motifs is 8. The molecule has 7 rings (SSSR count). The van der Waals surface area contributed by atoms with Crippen molar-refractivity contribution < 1.29 is 106 Å². The van der Waals surface area contributed by atoms with Crippen molar-refractivity contribution in [2.24, 2.45) is 145 Å². The summed E-state index contributed by atoms with van der Waals surface area (Å²) in [4.78, 5) is 315. The summed E-state index contributed by atoms with van der Waals surface area (Å²) in [6, 6.07) is 6.21. The van der Waals surface area contributed by atoms with E-state index in [9.17, 15) is 48.6 Å². The molecule has 6 saturated heterocycles. The Morgan fingerprint density at radius 2 is 0.885 bits per heavy atom. The number of carbonyl (C=O) groups is 20. The number of thioether (sulfide) groups is 3. The number of aliphatic hydroxyl groups is 1. The second kappa shape index (κ2) is 63.2. The molecule has 35 nitrogen and oxygen atoms in total. The lowest BCUT2D eigenvalue weighted by molar-refractivity contribution is -0.158. The van der Waals surface area contributed by atoms with E-state index in [2.05, 4.69) is 37.7 Å². The number of carbonyl (C=O) groups excluding carboxylic acids is 19. The van der Waals surface area contributed by atoms with Crippen LogP contribution in [0.3, 0.4) is 0 Å². The number of benzene rings is 1. The lowest BCUT2D eigenvalue weighted by Crippen LogP contribution is -2.59. The van der Waals surface area contributed by atoms with Crippen molar-refractivity contribution in [3.8, 4) is 0 Å². The number of nitrogens with zero attached hydrogens (tertiary/aromatic N) is 8. The van der Waals surface area contributed by atoms with E-state index in [0.29, 0.717) is 69.9 Å². The van der Waals surface area contributed by atoms with Gasteiger partial charge in [0.15, 0.2) is 23.5 Å². The first-order chi connectivity index (χ1) is 70.0. The highest BCUT2D eigenvalue weighted by Crippen LogP contribution is 2.39. The molecule has 0 aromatic heterocycles. The fourth-order valence-corrected chi connectivity index (χ4v) is 25.0. The van der Waals surface area contributed by atoms with Gasteiger partial charge in [-0.25, -0.2) is 0 Å². The number of unbranched alkanes of at least 4 members (excludes halogenated alkanes) is 2. The maximum absolute atomic E-state index is 15.5. The van der Waals surface area contributed by atoms with Crippen molar-refractivity contribution in [1.82, 2.24) is 29.4 Å². The van der Waals surface area contributed by atoms with Crippen LogP contribution in [0, 0.1) is 107 Å². The Bertz CT molecular complexity index is 4760. The van der Waals surface area contributed by atoms with Crippen molar-refractivity contribution in [3.05, 3.63) is 35.9 Å². The summed E-state index contributed by atoms with van der Waals surface area (Å²) in [7, 11) is 0. The van der Waals surface area contributed by atoms with Crippen LogP contribution >= 0.6 is 35.3 Å². The molecule has 6 heterocycles. The van der Waals surface area contributed by atoms with Crippen LogP contribution in [0.4, 0.5) is 0 Å². The number of Topliss-reactive ketones (excluding diaryl/α,β-unsaturated/α-hetero) is 12. The Hall–Kier alpha value is -9.43. The third-order valence-corrected chi connectivity index (χ3v) is 33.4. The molecular weight excluding hydrogens is 1950 g/mol. The molecule has 1 aromatic carbocycles. The van der Waals surface area contributed by atoms with Crippen LogP contribution in [0.2, 0.25) is 0 Å². The van der Waals surface area contributed by atoms with Crippen LogP contribution in [0.15, 0.2) is 40.3 Å². The standard InChI is InChI=1S/C110H171N13O22S3/c1-66(2)43-77-52-89(125)71(11)47-90(126)81-55-92(128)76(30-31-104(140)141)49-91(127)74(25-16-18-35-116-109(112)113)50-97(133)84(70(9)10)58-96(132)82(56-100(136)87-28-21-38-122(87)108(145)88-29-22-39-123(88)106(143)79(45-68(5)6)46-69(7)8)61-147-41-33-102(138)119-63-118(101(137)32-40-146-60-81)64-120(65-119)103(139)34-42-148-62-83(105(111)142)57-98(134)85(72(12)124)59-95(131)75(26-17-19-36-117-110(114)115)51-99(135)86-27-20-37-121(86)107(144)80(48-73-23-14-13-15-24-73)54-94(130)78(44-67(3)4)53-93(77)129/h13-15,23-24,66-72,74-88,124H,16-22,25-65H2,1-12H3,(H2,111,142)(H,140,141)(H4,112,113,116)(H4,114,115,117)/t71-,72?,74-,75-,76+,77-,78-,80-,81+,82+,83+,84+,85+,86+,87+,88+/m0/s1. The SMILES string of the molecule is CC(C)CC(CC(C)C)C(=O)N1CCC[C@@H]1C(=O)N1CCC[C@@H]1C(=O)C[C@@H]1CSCCC(=O)N2CN3CN(C2)C(=O)CCSC[C@@H](CC(=O)[C@H](CCC(=O)O)CC(=O)[C@@H](CCCCN=C(N)N)CC(=O)[C@@H](C(C)C)CC1=O)C(=O)C[C@H](C)C(=O)C[C@H](CC(C)C)C(=O)C[C@H](CC(C)C)C(=O)C[C@H](Cc1ccccc1)C(=O)N1CCC[C@@H]1C(=O)C[C@H](CCCCN=C(N)N)C(=O)C[C@H](C(C)O)C(=O)C[C@@H](C(N)=O)CSCCC3=O.